The molecule has 0 bridgehead atoms. The third kappa shape index (κ3) is 6.11. The number of ether oxygens (including phenoxy) is 2. The summed E-state index contributed by atoms with van der Waals surface area (Å²) in [6, 6.07) is 2.84. The van der Waals surface area contributed by atoms with Gasteiger partial charge in [-0.1, -0.05) is 12.8 Å². The lowest BCUT2D eigenvalue weighted by molar-refractivity contribution is 0.0914. The van der Waals surface area contributed by atoms with Crippen molar-refractivity contribution in [1.82, 2.24) is 25.3 Å². The van der Waals surface area contributed by atoms with Crippen LogP contribution in [0.1, 0.15) is 60.6 Å². The van der Waals surface area contributed by atoms with E-state index in [9.17, 15) is 13.2 Å². The predicted molar refractivity (Wildman–Crippen MR) is 142 cm³/mol. The van der Waals surface area contributed by atoms with E-state index < -0.39 is 16.1 Å². The van der Waals surface area contributed by atoms with Gasteiger partial charge in [0, 0.05) is 24.9 Å². The minimum atomic E-state index is -3.49. The molecule has 2 fully saturated rings. The maximum atomic E-state index is 13.3. The Hall–Kier alpha value is -3.16. The van der Waals surface area contributed by atoms with E-state index in [4.69, 9.17) is 9.47 Å². The first-order chi connectivity index (χ1) is 18.4. The van der Waals surface area contributed by atoms with Gasteiger partial charge in [0.15, 0.2) is 5.01 Å². The Balaban J connectivity index is 1.35. The highest BCUT2D eigenvalue weighted by Gasteiger charge is 2.32. The monoisotopic (exact) mass is 558 g/mol. The number of pyridine rings is 1. The molecule has 2 N–H and O–H groups in total. The molecule has 4 heterocycles. The lowest BCUT2D eigenvalue weighted by atomic mass is 9.95. The Morgan fingerprint density at radius 3 is 2.82 bits per heavy atom. The number of rotatable bonds is 10. The zero-order chi connectivity index (χ0) is 26.5. The minimum absolute atomic E-state index is 0.0127. The van der Waals surface area contributed by atoms with Crippen LogP contribution in [0.4, 0.5) is 5.69 Å². The quantitative estimate of drug-likeness (QED) is 0.381. The molecule has 0 aromatic carbocycles. The summed E-state index contributed by atoms with van der Waals surface area (Å²) < 4.78 is 39.4. The number of hydrogen-bond acceptors (Lipinski definition) is 10. The maximum Gasteiger partial charge on any atom is 0.280 e. The molecule has 1 aliphatic heterocycles. The van der Waals surface area contributed by atoms with E-state index in [0.29, 0.717) is 60.5 Å². The fraction of sp³-hybridized carbons (Fsp3) is 0.480. The normalized spacial score (nSPS) is 18.8. The molecule has 3 aromatic rings. The molecule has 0 spiro atoms. The highest BCUT2D eigenvalue weighted by molar-refractivity contribution is 7.93. The number of nitrogens with one attached hydrogen (secondary N) is 2. The molecule has 3 aromatic heterocycles. The van der Waals surface area contributed by atoms with Crippen LogP contribution in [0.3, 0.4) is 0 Å². The fourth-order valence-corrected chi connectivity index (χ4v) is 7.11. The molecule has 0 unspecified atom stereocenters. The van der Waals surface area contributed by atoms with Gasteiger partial charge in [0.2, 0.25) is 15.9 Å². The summed E-state index contributed by atoms with van der Waals surface area (Å²) in [6.45, 7) is 3.39. The number of amides is 1. The topological polar surface area (TPSA) is 145 Å². The van der Waals surface area contributed by atoms with Crippen LogP contribution in [-0.2, 0) is 14.8 Å². The van der Waals surface area contributed by atoms with Gasteiger partial charge >= 0.3 is 0 Å². The van der Waals surface area contributed by atoms with Crippen molar-refractivity contribution in [2.45, 2.75) is 50.3 Å². The van der Waals surface area contributed by atoms with Gasteiger partial charge in [0.1, 0.15) is 5.69 Å². The second-order valence-corrected chi connectivity index (χ2v) is 12.3. The Morgan fingerprint density at radius 2 is 2.05 bits per heavy atom. The van der Waals surface area contributed by atoms with Crippen LogP contribution in [0.25, 0.3) is 10.6 Å². The lowest BCUT2D eigenvalue weighted by Gasteiger charge is -2.23. The third-order valence-electron chi connectivity index (χ3n) is 6.68. The van der Waals surface area contributed by atoms with Crippen LogP contribution in [0.5, 0.6) is 5.88 Å². The van der Waals surface area contributed by atoms with Crippen LogP contribution in [0.15, 0.2) is 36.9 Å². The summed E-state index contributed by atoms with van der Waals surface area (Å²) >= 11 is 1.20. The smallest absolute Gasteiger partial charge is 0.280 e. The number of thiazole rings is 1. The first kappa shape index (κ1) is 26.4. The van der Waals surface area contributed by atoms with Crippen LogP contribution < -0.4 is 14.8 Å². The van der Waals surface area contributed by atoms with Crippen molar-refractivity contribution in [3.63, 3.8) is 0 Å². The Morgan fingerprint density at radius 1 is 1.21 bits per heavy atom. The first-order valence-electron chi connectivity index (χ1n) is 12.7. The van der Waals surface area contributed by atoms with Crippen molar-refractivity contribution >= 4 is 33.0 Å². The molecule has 2 atom stereocenters. The van der Waals surface area contributed by atoms with Crippen LogP contribution in [0.2, 0.25) is 0 Å². The predicted octanol–water partition coefficient (Wildman–Crippen LogP) is 3.59. The van der Waals surface area contributed by atoms with E-state index in [1.807, 2.05) is 6.92 Å². The van der Waals surface area contributed by atoms with Gasteiger partial charge in [-0.05, 0) is 38.3 Å². The number of hydrogen-bond donors (Lipinski definition) is 2. The number of nitrogens with zero attached hydrogens (tertiary/aromatic N) is 4. The summed E-state index contributed by atoms with van der Waals surface area (Å²) in [5.41, 5.74) is 1.56. The Bertz CT molecular complexity index is 1370. The van der Waals surface area contributed by atoms with Gasteiger partial charge in [-0.25, -0.2) is 18.4 Å². The van der Waals surface area contributed by atoms with E-state index in [-0.39, 0.29) is 22.1 Å². The molecule has 2 aliphatic rings. The van der Waals surface area contributed by atoms with E-state index in [1.165, 1.54) is 17.5 Å². The molecule has 0 radical (unpaired) electrons. The average Bonchev–Trinajstić information content (AvgIpc) is 3.70. The van der Waals surface area contributed by atoms with Crippen LogP contribution in [0, 0.1) is 5.92 Å². The SMILES string of the molecule is CCOc1cncc(-c2cnc(C(=O)N[C@H](c3cc(NS(=O)(=O)C4CCCC4)ccn3)[C@H]3CCOC3)s2)n1. The summed E-state index contributed by atoms with van der Waals surface area (Å²) in [7, 11) is -3.49. The number of aromatic nitrogens is 4. The largest absolute Gasteiger partial charge is 0.477 e. The zero-order valence-corrected chi connectivity index (χ0v) is 22.6. The van der Waals surface area contributed by atoms with Gasteiger partial charge in [-0.2, -0.15) is 0 Å². The third-order valence-corrected chi connectivity index (χ3v) is 9.57. The molecule has 1 aliphatic carbocycles. The van der Waals surface area contributed by atoms with Crippen molar-refractivity contribution in [3.8, 4) is 16.5 Å². The summed E-state index contributed by atoms with van der Waals surface area (Å²) in [4.78, 5) is 31.3. The van der Waals surface area contributed by atoms with Crippen molar-refractivity contribution in [2.24, 2.45) is 5.92 Å². The second kappa shape index (κ2) is 11.7. The molecule has 1 amide bonds. The molecule has 5 rings (SSSR count). The van der Waals surface area contributed by atoms with Crippen molar-refractivity contribution < 1.29 is 22.7 Å². The second-order valence-electron chi connectivity index (χ2n) is 9.30. The molecule has 38 heavy (non-hydrogen) atoms. The van der Waals surface area contributed by atoms with Crippen molar-refractivity contribution in [2.75, 3.05) is 24.5 Å². The Labute approximate surface area is 225 Å². The minimum Gasteiger partial charge on any atom is -0.477 e. The van der Waals surface area contributed by atoms with Crippen molar-refractivity contribution in [1.29, 1.82) is 0 Å². The van der Waals surface area contributed by atoms with Crippen LogP contribution >= 0.6 is 11.3 Å². The van der Waals surface area contributed by atoms with E-state index >= 15 is 0 Å². The highest BCUT2D eigenvalue weighted by Crippen LogP contribution is 2.32. The van der Waals surface area contributed by atoms with E-state index in [0.717, 1.165) is 19.3 Å². The van der Waals surface area contributed by atoms with Crippen molar-refractivity contribution in [3.05, 3.63) is 47.6 Å². The van der Waals surface area contributed by atoms with Gasteiger partial charge in [-0.3, -0.25) is 19.5 Å². The zero-order valence-electron chi connectivity index (χ0n) is 21.0. The van der Waals surface area contributed by atoms with Crippen LogP contribution in [-0.4, -0.2) is 59.3 Å². The Kier molecular flexibility index (Phi) is 8.15. The van der Waals surface area contributed by atoms with Gasteiger partial charge in [-0.15, -0.1) is 11.3 Å². The molecule has 11 nitrogen and oxygen atoms in total. The summed E-state index contributed by atoms with van der Waals surface area (Å²) in [5, 5.41) is 2.95. The molecule has 1 saturated heterocycles. The number of carbonyl (C=O) groups is 1. The highest BCUT2D eigenvalue weighted by atomic mass is 32.2. The van der Waals surface area contributed by atoms with E-state index in [1.54, 1.807) is 30.7 Å². The maximum absolute atomic E-state index is 13.3. The van der Waals surface area contributed by atoms with Gasteiger partial charge < -0.3 is 14.8 Å². The number of anilines is 1. The fourth-order valence-electron chi connectivity index (χ4n) is 4.76. The molecular formula is C25H30N6O5S2. The number of sulfonamides is 1. The lowest BCUT2D eigenvalue weighted by Crippen LogP contribution is -2.34. The first-order valence-corrected chi connectivity index (χ1v) is 15.1. The standard InChI is InChI=1S/C25H30N6O5S2/c1-2-36-22-14-26-12-20(29-22)21-13-28-25(37-21)24(32)30-23(16-8-10-35-15-16)19-11-17(7-9-27-19)31-38(33,34)18-5-3-4-6-18/h7,9,11-14,16,18,23H,2-6,8,10,15H2,1H3,(H,27,31)(H,30,32)/t16-,23-/m0/s1. The summed E-state index contributed by atoms with van der Waals surface area (Å²) in [6.07, 6.45) is 10.2. The summed E-state index contributed by atoms with van der Waals surface area (Å²) in [5.74, 6) is 0.0346. The number of carbonyl (C=O) groups excluding carboxylic acids is 1. The van der Waals surface area contributed by atoms with Gasteiger partial charge in [0.25, 0.3) is 5.91 Å². The molecule has 1 saturated carbocycles. The van der Waals surface area contributed by atoms with Gasteiger partial charge in [0.05, 0.1) is 53.2 Å². The molecule has 13 heteroatoms. The molecular weight excluding hydrogens is 528 g/mol. The van der Waals surface area contributed by atoms with E-state index in [2.05, 4.69) is 30.0 Å². The average molecular weight is 559 g/mol. The molecule has 202 valence electrons.